The van der Waals surface area contributed by atoms with Gasteiger partial charge in [0.1, 0.15) is 6.23 Å². The third-order valence-corrected chi connectivity index (χ3v) is 1.40. The van der Waals surface area contributed by atoms with Gasteiger partial charge >= 0.3 is 0 Å². The molecule has 11 heavy (non-hydrogen) atoms. The van der Waals surface area contributed by atoms with E-state index in [4.69, 9.17) is 16.1 Å². The molecule has 0 bridgehead atoms. The minimum atomic E-state index is -1.06. The van der Waals surface area contributed by atoms with Crippen molar-refractivity contribution in [1.29, 1.82) is 5.26 Å². The number of aliphatic hydroxyl groups is 1. The van der Waals surface area contributed by atoms with E-state index in [0.717, 1.165) is 0 Å². The molecule has 0 spiro atoms. The van der Waals surface area contributed by atoms with Gasteiger partial charge in [0.05, 0.1) is 11.6 Å². The molecule has 56 valence electrons. The number of nitrogens with two attached hydrogens (primary N) is 1. The molecule has 0 fully saturated rings. The summed E-state index contributed by atoms with van der Waals surface area (Å²) in [6, 6.07) is 8.64. The molecule has 0 saturated carbocycles. The maximum absolute atomic E-state index is 8.96. The van der Waals surface area contributed by atoms with Crippen LogP contribution in [0, 0.1) is 11.3 Å². The summed E-state index contributed by atoms with van der Waals surface area (Å²) in [6.07, 6.45) is -1.06. The Morgan fingerprint density at radius 1 is 1.45 bits per heavy atom. The van der Waals surface area contributed by atoms with Crippen LogP contribution in [0.4, 0.5) is 0 Å². The molecule has 0 aromatic heterocycles. The molecule has 0 saturated heterocycles. The Morgan fingerprint density at radius 3 is 2.55 bits per heavy atom. The largest absolute Gasteiger partial charge is 0.374 e. The standard InChI is InChI=1S/C8H8N2O/c9-5-6-3-1-2-4-7(6)8(10)11/h1-4,8,11H,10H2. The Balaban J connectivity index is 3.15. The van der Waals surface area contributed by atoms with Crippen molar-refractivity contribution in [3.05, 3.63) is 35.4 Å². The number of hydrogen-bond donors (Lipinski definition) is 2. The van der Waals surface area contributed by atoms with Gasteiger partial charge in [-0.25, -0.2) is 0 Å². The molecule has 0 aliphatic heterocycles. The highest BCUT2D eigenvalue weighted by molar-refractivity contribution is 5.38. The van der Waals surface area contributed by atoms with Crippen LogP contribution in [0.3, 0.4) is 0 Å². The summed E-state index contributed by atoms with van der Waals surface area (Å²) in [7, 11) is 0. The first kappa shape index (κ1) is 7.73. The number of nitriles is 1. The van der Waals surface area contributed by atoms with Gasteiger partial charge in [-0.2, -0.15) is 5.26 Å². The van der Waals surface area contributed by atoms with Gasteiger partial charge in [-0.1, -0.05) is 18.2 Å². The molecule has 1 atom stereocenters. The highest BCUT2D eigenvalue weighted by Crippen LogP contribution is 2.11. The molecule has 1 aromatic carbocycles. The van der Waals surface area contributed by atoms with Gasteiger partial charge in [0.15, 0.2) is 0 Å². The fourth-order valence-electron chi connectivity index (χ4n) is 0.857. The molecule has 3 N–H and O–H groups in total. The minimum Gasteiger partial charge on any atom is -0.374 e. The maximum atomic E-state index is 8.96. The predicted octanol–water partition coefficient (Wildman–Crippen LogP) is 0.508. The summed E-state index contributed by atoms with van der Waals surface area (Å²) < 4.78 is 0. The van der Waals surface area contributed by atoms with E-state index in [1.807, 2.05) is 6.07 Å². The van der Waals surface area contributed by atoms with E-state index >= 15 is 0 Å². The van der Waals surface area contributed by atoms with E-state index in [9.17, 15) is 0 Å². The van der Waals surface area contributed by atoms with Crippen LogP contribution < -0.4 is 5.73 Å². The van der Waals surface area contributed by atoms with Crippen LogP contribution >= 0.6 is 0 Å². The summed E-state index contributed by atoms with van der Waals surface area (Å²) in [5.74, 6) is 0. The lowest BCUT2D eigenvalue weighted by Gasteiger charge is -2.04. The van der Waals surface area contributed by atoms with Crippen LogP contribution in [0.25, 0.3) is 0 Å². The third-order valence-electron chi connectivity index (χ3n) is 1.40. The van der Waals surface area contributed by atoms with E-state index in [1.165, 1.54) is 0 Å². The van der Waals surface area contributed by atoms with Gasteiger partial charge in [-0.15, -0.1) is 0 Å². The fourth-order valence-corrected chi connectivity index (χ4v) is 0.857. The maximum Gasteiger partial charge on any atom is 0.129 e. The zero-order valence-corrected chi connectivity index (χ0v) is 5.86. The molecular weight excluding hydrogens is 140 g/mol. The van der Waals surface area contributed by atoms with Gasteiger partial charge in [0.2, 0.25) is 0 Å². The van der Waals surface area contributed by atoms with E-state index in [-0.39, 0.29) is 0 Å². The Kier molecular flexibility index (Phi) is 2.21. The minimum absolute atomic E-state index is 0.419. The summed E-state index contributed by atoms with van der Waals surface area (Å²) in [5, 5.41) is 17.5. The number of benzene rings is 1. The average molecular weight is 148 g/mol. The van der Waals surface area contributed by atoms with Crippen molar-refractivity contribution in [1.82, 2.24) is 0 Å². The molecule has 1 unspecified atom stereocenters. The van der Waals surface area contributed by atoms with Crippen LogP contribution in [0.1, 0.15) is 17.4 Å². The normalized spacial score (nSPS) is 12.1. The van der Waals surface area contributed by atoms with Crippen molar-refractivity contribution < 1.29 is 5.11 Å². The summed E-state index contributed by atoms with van der Waals surface area (Å²) in [4.78, 5) is 0. The smallest absolute Gasteiger partial charge is 0.129 e. The van der Waals surface area contributed by atoms with Crippen molar-refractivity contribution in [3.63, 3.8) is 0 Å². The number of aliphatic hydroxyl groups excluding tert-OH is 1. The lowest BCUT2D eigenvalue weighted by Crippen LogP contribution is -2.09. The lowest BCUT2D eigenvalue weighted by molar-refractivity contribution is 0.186. The first-order chi connectivity index (χ1) is 5.25. The predicted molar refractivity (Wildman–Crippen MR) is 40.3 cm³/mol. The third kappa shape index (κ3) is 1.55. The van der Waals surface area contributed by atoms with Crippen molar-refractivity contribution in [2.45, 2.75) is 6.23 Å². The lowest BCUT2D eigenvalue weighted by atomic mass is 10.1. The Bertz CT molecular complexity index is 288. The van der Waals surface area contributed by atoms with Gasteiger partial charge in [-0.3, -0.25) is 0 Å². The Morgan fingerprint density at radius 2 is 2.09 bits per heavy atom. The molecular formula is C8H8N2O. The van der Waals surface area contributed by atoms with E-state index in [0.29, 0.717) is 11.1 Å². The van der Waals surface area contributed by atoms with Crippen molar-refractivity contribution in [2.75, 3.05) is 0 Å². The van der Waals surface area contributed by atoms with Crippen molar-refractivity contribution in [3.8, 4) is 6.07 Å². The molecule has 3 nitrogen and oxygen atoms in total. The molecule has 1 rings (SSSR count). The summed E-state index contributed by atoms with van der Waals surface area (Å²) in [5.41, 5.74) is 6.08. The fraction of sp³-hybridized carbons (Fsp3) is 0.125. The first-order valence-corrected chi connectivity index (χ1v) is 3.18. The molecule has 1 aromatic rings. The summed E-state index contributed by atoms with van der Waals surface area (Å²) in [6.45, 7) is 0. The van der Waals surface area contributed by atoms with Gasteiger partial charge < -0.3 is 10.8 Å². The van der Waals surface area contributed by atoms with Gasteiger partial charge in [0, 0.05) is 5.56 Å². The number of rotatable bonds is 1. The molecule has 3 heteroatoms. The quantitative estimate of drug-likeness (QED) is 0.570. The van der Waals surface area contributed by atoms with Crippen molar-refractivity contribution in [2.24, 2.45) is 5.73 Å². The van der Waals surface area contributed by atoms with Crippen molar-refractivity contribution >= 4 is 0 Å². The number of hydrogen-bond acceptors (Lipinski definition) is 3. The molecule has 0 heterocycles. The zero-order valence-electron chi connectivity index (χ0n) is 5.86. The number of nitrogens with zero attached hydrogens (tertiary/aromatic N) is 1. The monoisotopic (exact) mass is 148 g/mol. The topological polar surface area (TPSA) is 70.0 Å². The second-order valence-corrected chi connectivity index (χ2v) is 2.14. The van der Waals surface area contributed by atoms with E-state index in [1.54, 1.807) is 24.3 Å². The van der Waals surface area contributed by atoms with Crippen LogP contribution in [-0.2, 0) is 0 Å². The second-order valence-electron chi connectivity index (χ2n) is 2.14. The average Bonchev–Trinajstić information content (AvgIpc) is 2.04. The van der Waals surface area contributed by atoms with Gasteiger partial charge in [0.25, 0.3) is 0 Å². The van der Waals surface area contributed by atoms with Crippen LogP contribution in [0.5, 0.6) is 0 Å². The molecule has 0 amide bonds. The second kappa shape index (κ2) is 3.15. The highest BCUT2D eigenvalue weighted by Gasteiger charge is 2.05. The molecule has 0 radical (unpaired) electrons. The molecule has 0 aliphatic rings. The van der Waals surface area contributed by atoms with Crippen LogP contribution in [0.2, 0.25) is 0 Å². The first-order valence-electron chi connectivity index (χ1n) is 3.18. The SMILES string of the molecule is N#Cc1ccccc1C(N)O. The highest BCUT2D eigenvalue weighted by atomic mass is 16.3. The van der Waals surface area contributed by atoms with Crippen LogP contribution in [0.15, 0.2) is 24.3 Å². The van der Waals surface area contributed by atoms with E-state index in [2.05, 4.69) is 0 Å². The Hall–Kier alpha value is -1.37. The zero-order chi connectivity index (χ0) is 8.27. The van der Waals surface area contributed by atoms with E-state index < -0.39 is 6.23 Å². The van der Waals surface area contributed by atoms with Crippen LogP contribution in [-0.4, -0.2) is 5.11 Å². The van der Waals surface area contributed by atoms with Gasteiger partial charge in [-0.05, 0) is 6.07 Å². The summed E-state index contributed by atoms with van der Waals surface area (Å²) >= 11 is 0. The Labute approximate surface area is 64.7 Å². The molecule has 0 aliphatic carbocycles.